The molecule has 1 amide bonds. The molecule has 0 saturated heterocycles. The Balaban J connectivity index is 2.67. The number of halogens is 1. The molecule has 0 fully saturated rings. The summed E-state index contributed by atoms with van der Waals surface area (Å²) in [5.74, 6) is -0.516. The molecule has 0 bridgehead atoms. The summed E-state index contributed by atoms with van der Waals surface area (Å²) < 4.78 is 18.3. The molecule has 0 spiro atoms. The Morgan fingerprint density at radius 1 is 1.59 bits per heavy atom. The summed E-state index contributed by atoms with van der Waals surface area (Å²) in [5, 5.41) is 2.95. The third-order valence-electron chi connectivity index (χ3n) is 2.43. The Morgan fingerprint density at radius 3 is 2.82 bits per heavy atom. The number of carbonyl (C=O) groups excluding carboxylic acids is 1. The van der Waals surface area contributed by atoms with Crippen molar-refractivity contribution in [3.63, 3.8) is 0 Å². The van der Waals surface area contributed by atoms with Crippen molar-refractivity contribution in [2.24, 2.45) is 5.73 Å². The smallest absolute Gasteiger partial charge is 0.240 e. The fraction of sp³-hybridized carbons (Fsp3) is 0.417. The molecule has 1 rings (SSSR count). The van der Waals surface area contributed by atoms with Crippen LogP contribution in [-0.2, 0) is 4.79 Å². The Hall–Kier alpha value is -1.62. The van der Waals surface area contributed by atoms with Gasteiger partial charge in [0.25, 0.3) is 0 Å². The predicted octanol–water partition coefficient (Wildman–Crippen LogP) is 1.06. The molecule has 3 N–H and O–H groups in total. The van der Waals surface area contributed by atoms with E-state index in [9.17, 15) is 9.18 Å². The molecule has 4 nitrogen and oxygen atoms in total. The van der Waals surface area contributed by atoms with Crippen LogP contribution < -0.4 is 15.8 Å². The first-order valence-corrected chi connectivity index (χ1v) is 5.41. The van der Waals surface area contributed by atoms with E-state index in [0.717, 1.165) is 0 Å². The van der Waals surface area contributed by atoms with Crippen molar-refractivity contribution >= 4 is 5.91 Å². The fourth-order valence-electron chi connectivity index (χ4n) is 1.38. The van der Waals surface area contributed by atoms with E-state index in [-0.39, 0.29) is 12.4 Å². The number of ether oxygens (including phenoxy) is 1. The van der Waals surface area contributed by atoms with Gasteiger partial charge in [0, 0.05) is 6.07 Å². The molecule has 1 unspecified atom stereocenters. The molecule has 0 aliphatic heterocycles. The van der Waals surface area contributed by atoms with Gasteiger partial charge in [-0.3, -0.25) is 4.79 Å². The lowest BCUT2D eigenvalue weighted by atomic mass is 10.0. The van der Waals surface area contributed by atoms with Crippen LogP contribution in [0.2, 0.25) is 0 Å². The number of nitrogens with one attached hydrogen (secondary N) is 1. The molecule has 0 radical (unpaired) electrons. The average molecular weight is 240 g/mol. The van der Waals surface area contributed by atoms with Crippen molar-refractivity contribution in [3.05, 3.63) is 30.1 Å². The van der Waals surface area contributed by atoms with Crippen LogP contribution in [0.5, 0.6) is 5.75 Å². The van der Waals surface area contributed by atoms with E-state index in [1.54, 1.807) is 19.1 Å². The summed E-state index contributed by atoms with van der Waals surface area (Å²) in [6.45, 7) is 4.16. The average Bonchev–Trinajstić information content (AvgIpc) is 2.27. The molecular weight excluding hydrogens is 223 g/mol. The van der Waals surface area contributed by atoms with Gasteiger partial charge in [-0.1, -0.05) is 13.0 Å². The van der Waals surface area contributed by atoms with E-state index < -0.39 is 11.4 Å². The van der Waals surface area contributed by atoms with Gasteiger partial charge in [0.15, 0.2) is 0 Å². The summed E-state index contributed by atoms with van der Waals surface area (Å²) in [4.78, 5) is 11.3. The zero-order valence-electron chi connectivity index (χ0n) is 10.00. The van der Waals surface area contributed by atoms with Gasteiger partial charge in [-0.2, -0.15) is 0 Å². The Labute approximate surface area is 100.0 Å². The Kier molecular flexibility index (Phi) is 4.45. The van der Waals surface area contributed by atoms with Crippen molar-refractivity contribution in [3.8, 4) is 5.75 Å². The van der Waals surface area contributed by atoms with Gasteiger partial charge < -0.3 is 15.8 Å². The number of hydrogen-bond acceptors (Lipinski definition) is 3. The molecule has 1 atom stereocenters. The van der Waals surface area contributed by atoms with E-state index in [4.69, 9.17) is 10.5 Å². The summed E-state index contributed by atoms with van der Waals surface area (Å²) in [7, 11) is 0. The van der Waals surface area contributed by atoms with E-state index in [0.29, 0.717) is 12.3 Å². The number of amides is 1. The van der Waals surface area contributed by atoms with Crippen LogP contribution in [0.4, 0.5) is 4.39 Å². The van der Waals surface area contributed by atoms with Crippen LogP contribution in [0.25, 0.3) is 0 Å². The lowest BCUT2D eigenvalue weighted by Crippen LogP contribution is -2.57. The van der Waals surface area contributed by atoms with Gasteiger partial charge in [0.1, 0.15) is 23.7 Å². The highest BCUT2D eigenvalue weighted by Gasteiger charge is 2.30. The lowest BCUT2D eigenvalue weighted by molar-refractivity contribution is -0.124. The van der Waals surface area contributed by atoms with Gasteiger partial charge in [0.2, 0.25) is 5.91 Å². The molecule has 0 aromatic heterocycles. The zero-order chi connectivity index (χ0) is 12.9. The third-order valence-corrected chi connectivity index (χ3v) is 2.43. The monoisotopic (exact) mass is 240 g/mol. The maximum atomic E-state index is 12.9. The van der Waals surface area contributed by atoms with Gasteiger partial charge in [-0.25, -0.2) is 4.39 Å². The van der Waals surface area contributed by atoms with Crippen LogP contribution >= 0.6 is 0 Å². The molecule has 94 valence electrons. The van der Waals surface area contributed by atoms with Crippen molar-refractivity contribution < 1.29 is 13.9 Å². The number of carbonyl (C=O) groups is 1. The molecule has 17 heavy (non-hydrogen) atoms. The molecular formula is C12H17FN2O2. The molecule has 5 heteroatoms. The fourth-order valence-corrected chi connectivity index (χ4v) is 1.38. The van der Waals surface area contributed by atoms with E-state index in [1.165, 1.54) is 12.1 Å². The number of nitrogens with two attached hydrogens (primary N) is 1. The third kappa shape index (κ3) is 3.71. The molecule has 1 aromatic rings. The van der Waals surface area contributed by atoms with E-state index in [2.05, 4.69) is 5.32 Å². The minimum atomic E-state index is -0.957. The topological polar surface area (TPSA) is 64.3 Å². The SMILES string of the molecule is CCNC(C)(COc1cccc(F)c1)C(N)=O. The van der Waals surface area contributed by atoms with Crippen LogP contribution in [0.3, 0.4) is 0 Å². The van der Waals surface area contributed by atoms with E-state index >= 15 is 0 Å². The highest BCUT2D eigenvalue weighted by atomic mass is 19.1. The van der Waals surface area contributed by atoms with Crippen LogP contribution in [0.15, 0.2) is 24.3 Å². The highest BCUT2D eigenvalue weighted by Crippen LogP contribution is 2.14. The minimum Gasteiger partial charge on any atom is -0.491 e. The van der Waals surface area contributed by atoms with Gasteiger partial charge in [-0.15, -0.1) is 0 Å². The normalized spacial score (nSPS) is 14.1. The number of rotatable bonds is 6. The molecule has 1 aromatic carbocycles. The second-order valence-corrected chi connectivity index (χ2v) is 3.97. The Bertz CT molecular complexity index is 398. The highest BCUT2D eigenvalue weighted by molar-refractivity contribution is 5.84. The standard InChI is InChI=1S/C12H17FN2O2/c1-3-15-12(2,11(14)16)8-17-10-6-4-5-9(13)7-10/h4-7,15H,3,8H2,1-2H3,(H2,14,16). The lowest BCUT2D eigenvalue weighted by Gasteiger charge is -2.26. The van der Waals surface area contributed by atoms with Crippen LogP contribution in [0.1, 0.15) is 13.8 Å². The minimum absolute atomic E-state index is 0.0552. The second kappa shape index (κ2) is 5.63. The van der Waals surface area contributed by atoms with Gasteiger partial charge >= 0.3 is 0 Å². The summed E-state index contributed by atoms with van der Waals surface area (Å²) >= 11 is 0. The second-order valence-electron chi connectivity index (χ2n) is 3.97. The first-order chi connectivity index (χ1) is 7.98. The summed E-state index contributed by atoms with van der Waals surface area (Å²) in [6, 6.07) is 5.74. The first-order valence-electron chi connectivity index (χ1n) is 5.41. The molecule has 0 saturated carbocycles. The summed E-state index contributed by atoms with van der Waals surface area (Å²) in [6.07, 6.45) is 0. The summed E-state index contributed by atoms with van der Waals surface area (Å²) in [5.41, 5.74) is 4.34. The predicted molar refractivity (Wildman–Crippen MR) is 63.2 cm³/mol. The zero-order valence-corrected chi connectivity index (χ0v) is 10.00. The number of primary amides is 1. The maximum Gasteiger partial charge on any atom is 0.240 e. The Morgan fingerprint density at radius 2 is 2.29 bits per heavy atom. The molecule has 0 heterocycles. The maximum absolute atomic E-state index is 12.9. The van der Waals surface area contributed by atoms with Crippen LogP contribution in [-0.4, -0.2) is 24.6 Å². The quantitative estimate of drug-likeness (QED) is 0.781. The van der Waals surface area contributed by atoms with Crippen molar-refractivity contribution in [1.29, 1.82) is 0 Å². The van der Waals surface area contributed by atoms with Crippen molar-refractivity contribution in [1.82, 2.24) is 5.32 Å². The van der Waals surface area contributed by atoms with E-state index in [1.807, 2.05) is 6.92 Å². The van der Waals surface area contributed by atoms with Crippen LogP contribution in [0, 0.1) is 5.82 Å². The number of benzene rings is 1. The molecule has 0 aliphatic rings. The molecule has 0 aliphatic carbocycles. The van der Waals surface area contributed by atoms with Gasteiger partial charge in [-0.05, 0) is 25.6 Å². The number of likely N-dealkylation sites (N-methyl/N-ethyl adjacent to an activating group) is 1. The largest absolute Gasteiger partial charge is 0.491 e. The van der Waals surface area contributed by atoms with Gasteiger partial charge in [0.05, 0.1) is 0 Å². The number of hydrogen-bond donors (Lipinski definition) is 2. The van der Waals surface area contributed by atoms with Crippen molar-refractivity contribution in [2.75, 3.05) is 13.2 Å². The first kappa shape index (κ1) is 13.4. The van der Waals surface area contributed by atoms with Crippen molar-refractivity contribution in [2.45, 2.75) is 19.4 Å².